The lowest BCUT2D eigenvalue weighted by molar-refractivity contribution is 0.102. The molecule has 0 atom stereocenters. The molecule has 0 aliphatic heterocycles. The van der Waals surface area contributed by atoms with Gasteiger partial charge in [-0.25, -0.2) is 4.98 Å². The van der Waals surface area contributed by atoms with Crippen molar-refractivity contribution < 1.29 is 4.79 Å². The molecule has 0 fully saturated rings. The smallest absolute Gasteiger partial charge is 0.271 e. The minimum absolute atomic E-state index is 0.229. The van der Waals surface area contributed by atoms with Crippen LogP contribution in [0, 0.1) is 27.7 Å². The summed E-state index contributed by atoms with van der Waals surface area (Å²) in [5.74, 6) is -0.352. The second-order valence-electron chi connectivity index (χ2n) is 5.99. The van der Waals surface area contributed by atoms with Crippen LogP contribution in [0.1, 0.15) is 33.0 Å². The molecule has 124 valence electrons. The van der Waals surface area contributed by atoms with E-state index in [-0.39, 0.29) is 17.2 Å². The molecule has 3 rings (SSSR count). The molecular weight excluding hydrogens is 306 g/mol. The summed E-state index contributed by atoms with van der Waals surface area (Å²) >= 11 is 0. The number of amides is 1. The molecule has 3 aromatic rings. The first kappa shape index (κ1) is 15.9. The number of rotatable bonds is 2. The number of H-pyrrole nitrogens is 1. The summed E-state index contributed by atoms with van der Waals surface area (Å²) in [4.78, 5) is 32.0. The van der Waals surface area contributed by atoms with E-state index >= 15 is 0 Å². The lowest BCUT2D eigenvalue weighted by atomic mass is 10.1. The van der Waals surface area contributed by atoms with Crippen LogP contribution in [0.4, 0.5) is 5.69 Å². The van der Waals surface area contributed by atoms with E-state index in [9.17, 15) is 9.59 Å². The molecule has 0 bridgehead atoms. The normalized spacial score (nSPS) is 11.0. The fraction of sp³-hybridized carbons (Fsp3) is 0.294. The maximum atomic E-state index is 12.8. The molecule has 7 nitrogen and oxygen atoms in total. The first-order chi connectivity index (χ1) is 11.3. The van der Waals surface area contributed by atoms with E-state index in [0.29, 0.717) is 22.3 Å². The predicted molar refractivity (Wildman–Crippen MR) is 92.5 cm³/mol. The Kier molecular flexibility index (Phi) is 3.71. The number of aromatic nitrogens is 4. The third-order valence-corrected chi connectivity index (χ3v) is 4.09. The van der Waals surface area contributed by atoms with Crippen molar-refractivity contribution in [3.05, 3.63) is 50.7 Å². The van der Waals surface area contributed by atoms with Crippen molar-refractivity contribution in [2.75, 3.05) is 5.32 Å². The summed E-state index contributed by atoms with van der Waals surface area (Å²) in [5.41, 5.74) is 4.13. The number of anilines is 1. The fourth-order valence-electron chi connectivity index (χ4n) is 2.76. The second-order valence-corrected chi connectivity index (χ2v) is 5.99. The lowest BCUT2D eigenvalue weighted by Crippen LogP contribution is -2.21. The van der Waals surface area contributed by atoms with Crippen LogP contribution in [-0.4, -0.2) is 25.7 Å². The Bertz CT molecular complexity index is 1030. The molecule has 0 aliphatic rings. The van der Waals surface area contributed by atoms with E-state index in [2.05, 4.69) is 20.4 Å². The zero-order valence-electron chi connectivity index (χ0n) is 14.3. The molecule has 24 heavy (non-hydrogen) atoms. The number of pyridine rings is 2. The minimum atomic E-state index is -0.352. The Hall–Kier alpha value is -2.96. The van der Waals surface area contributed by atoms with Gasteiger partial charge in [0, 0.05) is 18.4 Å². The molecule has 3 aromatic heterocycles. The second kappa shape index (κ2) is 5.59. The average molecular weight is 325 g/mol. The Morgan fingerprint density at radius 2 is 1.92 bits per heavy atom. The summed E-state index contributed by atoms with van der Waals surface area (Å²) < 4.78 is 1.65. The number of aryl methyl sites for hydroxylation is 5. The average Bonchev–Trinajstić information content (AvgIpc) is 2.78. The van der Waals surface area contributed by atoms with Gasteiger partial charge in [-0.2, -0.15) is 5.10 Å². The molecule has 1 amide bonds. The molecule has 7 heteroatoms. The summed E-state index contributed by atoms with van der Waals surface area (Å²) in [5, 5.41) is 7.73. The Morgan fingerprint density at radius 1 is 1.21 bits per heavy atom. The first-order valence-corrected chi connectivity index (χ1v) is 7.60. The molecule has 0 radical (unpaired) electrons. The maximum absolute atomic E-state index is 12.8. The molecule has 0 saturated carbocycles. The van der Waals surface area contributed by atoms with Gasteiger partial charge in [-0.05, 0) is 45.4 Å². The van der Waals surface area contributed by atoms with Gasteiger partial charge in [0.25, 0.3) is 11.5 Å². The highest BCUT2D eigenvalue weighted by molar-refractivity contribution is 6.12. The van der Waals surface area contributed by atoms with Gasteiger partial charge in [0.15, 0.2) is 5.65 Å². The van der Waals surface area contributed by atoms with Crippen molar-refractivity contribution in [1.29, 1.82) is 0 Å². The van der Waals surface area contributed by atoms with Gasteiger partial charge in [-0.15, -0.1) is 0 Å². The van der Waals surface area contributed by atoms with Crippen LogP contribution in [0.2, 0.25) is 0 Å². The zero-order chi connectivity index (χ0) is 17.6. The lowest BCUT2D eigenvalue weighted by Gasteiger charge is -2.09. The van der Waals surface area contributed by atoms with Gasteiger partial charge in [0.1, 0.15) is 5.69 Å². The van der Waals surface area contributed by atoms with Gasteiger partial charge in [0.2, 0.25) is 0 Å². The number of hydrogen-bond acceptors (Lipinski definition) is 4. The molecular formula is C17H19N5O2. The van der Waals surface area contributed by atoms with Crippen LogP contribution in [0.5, 0.6) is 0 Å². The highest BCUT2D eigenvalue weighted by Crippen LogP contribution is 2.22. The standard InChI is InChI=1S/C17H19N5O2/c1-8-6-13(17(24)19-10(8)3)20-16(23)12-7-9(2)18-15-14(12)11(4)21-22(15)5/h6-7H,1-5H3,(H,19,24)(H,20,23). The highest BCUT2D eigenvalue weighted by atomic mass is 16.2. The third kappa shape index (κ3) is 2.58. The minimum Gasteiger partial charge on any atom is -0.324 e. The Labute approximate surface area is 138 Å². The fourth-order valence-corrected chi connectivity index (χ4v) is 2.76. The molecule has 0 aromatic carbocycles. The topological polar surface area (TPSA) is 92.7 Å². The molecule has 3 heterocycles. The molecule has 0 unspecified atom stereocenters. The highest BCUT2D eigenvalue weighted by Gasteiger charge is 2.18. The van der Waals surface area contributed by atoms with Crippen molar-refractivity contribution in [1.82, 2.24) is 19.7 Å². The van der Waals surface area contributed by atoms with E-state index in [1.165, 1.54) is 0 Å². The van der Waals surface area contributed by atoms with Gasteiger partial charge in [-0.1, -0.05) is 0 Å². The predicted octanol–water partition coefficient (Wildman–Crippen LogP) is 2.14. The van der Waals surface area contributed by atoms with Crippen LogP contribution in [0.25, 0.3) is 11.0 Å². The van der Waals surface area contributed by atoms with Gasteiger partial charge >= 0.3 is 0 Å². The number of carbonyl (C=O) groups excluding carboxylic acids is 1. The van der Waals surface area contributed by atoms with Crippen LogP contribution in [0.3, 0.4) is 0 Å². The Balaban J connectivity index is 2.10. The van der Waals surface area contributed by atoms with Crippen molar-refractivity contribution in [2.45, 2.75) is 27.7 Å². The molecule has 0 saturated heterocycles. The summed E-state index contributed by atoms with van der Waals surface area (Å²) in [6, 6.07) is 3.38. The van der Waals surface area contributed by atoms with E-state index in [4.69, 9.17) is 0 Å². The molecule has 0 spiro atoms. The number of nitrogens with zero attached hydrogens (tertiary/aromatic N) is 3. The van der Waals surface area contributed by atoms with Crippen LogP contribution < -0.4 is 10.9 Å². The van der Waals surface area contributed by atoms with Crippen LogP contribution in [-0.2, 0) is 7.05 Å². The number of aromatic amines is 1. The van der Waals surface area contributed by atoms with Crippen LogP contribution in [0.15, 0.2) is 16.9 Å². The third-order valence-electron chi connectivity index (χ3n) is 4.09. The summed E-state index contributed by atoms with van der Waals surface area (Å²) in [6.07, 6.45) is 0. The number of fused-ring (bicyclic) bond motifs is 1. The molecule has 0 aliphatic carbocycles. The summed E-state index contributed by atoms with van der Waals surface area (Å²) in [7, 11) is 1.79. The summed E-state index contributed by atoms with van der Waals surface area (Å²) in [6.45, 7) is 7.35. The number of hydrogen-bond donors (Lipinski definition) is 2. The zero-order valence-corrected chi connectivity index (χ0v) is 14.3. The van der Waals surface area contributed by atoms with E-state index in [1.807, 2.05) is 27.7 Å². The van der Waals surface area contributed by atoms with Crippen molar-refractivity contribution in [3.63, 3.8) is 0 Å². The SMILES string of the molecule is Cc1cc(C(=O)Nc2cc(C)c(C)[nH]c2=O)c2c(C)nn(C)c2n1. The quantitative estimate of drug-likeness (QED) is 0.755. The van der Waals surface area contributed by atoms with Crippen molar-refractivity contribution in [3.8, 4) is 0 Å². The largest absolute Gasteiger partial charge is 0.324 e. The van der Waals surface area contributed by atoms with Gasteiger partial charge < -0.3 is 10.3 Å². The number of nitrogens with one attached hydrogen (secondary N) is 2. The Morgan fingerprint density at radius 3 is 2.62 bits per heavy atom. The first-order valence-electron chi connectivity index (χ1n) is 7.60. The monoisotopic (exact) mass is 325 g/mol. The van der Waals surface area contributed by atoms with E-state index in [1.54, 1.807) is 23.9 Å². The molecule has 2 N–H and O–H groups in total. The van der Waals surface area contributed by atoms with Crippen molar-refractivity contribution in [2.24, 2.45) is 7.05 Å². The van der Waals surface area contributed by atoms with Crippen molar-refractivity contribution >= 4 is 22.6 Å². The van der Waals surface area contributed by atoms with Gasteiger partial charge in [-0.3, -0.25) is 14.3 Å². The van der Waals surface area contributed by atoms with Crippen LogP contribution >= 0.6 is 0 Å². The van der Waals surface area contributed by atoms with E-state index < -0.39 is 0 Å². The maximum Gasteiger partial charge on any atom is 0.271 e. The number of carbonyl (C=O) groups is 1. The van der Waals surface area contributed by atoms with E-state index in [0.717, 1.165) is 17.0 Å². The van der Waals surface area contributed by atoms with Gasteiger partial charge in [0.05, 0.1) is 16.6 Å².